The van der Waals surface area contributed by atoms with Crippen LogP contribution < -0.4 is 5.32 Å². The van der Waals surface area contributed by atoms with E-state index in [2.05, 4.69) is 5.32 Å². The van der Waals surface area contributed by atoms with E-state index in [1.807, 2.05) is 6.92 Å². The van der Waals surface area contributed by atoms with Gasteiger partial charge in [-0.25, -0.2) is 0 Å². The number of hydrogen-bond donors (Lipinski definition) is 1. The molecular weight excluding hydrogens is 142 g/mol. The number of piperidine rings is 1. The highest BCUT2D eigenvalue weighted by Gasteiger charge is 2.40. The Hall–Kier alpha value is -0.120. The first kappa shape index (κ1) is 7.53. The molecule has 64 valence electrons. The van der Waals surface area contributed by atoms with Gasteiger partial charge in [0.25, 0.3) is 0 Å². The van der Waals surface area contributed by atoms with Crippen LogP contribution in [0.5, 0.6) is 0 Å². The minimum atomic E-state index is -0.405. The Labute approximate surface area is 67.1 Å². The molecule has 11 heavy (non-hydrogen) atoms. The normalized spacial score (nSPS) is 45.0. The molecule has 1 N–H and O–H groups in total. The summed E-state index contributed by atoms with van der Waals surface area (Å²) in [5, 5.41) is 3.28. The maximum atomic E-state index is 5.66. The summed E-state index contributed by atoms with van der Waals surface area (Å²) < 4.78 is 11.2. The third-order valence-corrected chi connectivity index (χ3v) is 2.27. The van der Waals surface area contributed by atoms with Crippen LogP contribution in [0.25, 0.3) is 0 Å². The summed E-state index contributed by atoms with van der Waals surface area (Å²) >= 11 is 0. The molecule has 0 radical (unpaired) electrons. The second-order valence-electron chi connectivity index (χ2n) is 3.38. The Bertz CT molecular complexity index is 138. The van der Waals surface area contributed by atoms with E-state index in [9.17, 15) is 0 Å². The molecule has 2 aliphatic heterocycles. The highest BCUT2D eigenvalue weighted by molar-refractivity contribution is 4.78. The van der Waals surface area contributed by atoms with Gasteiger partial charge in [-0.1, -0.05) is 0 Å². The van der Waals surface area contributed by atoms with Gasteiger partial charge in [-0.2, -0.15) is 0 Å². The van der Waals surface area contributed by atoms with E-state index in [0.29, 0.717) is 0 Å². The SMILES string of the molecule is CC1COC2(CCCCN2)O1. The van der Waals surface area contributed by atoms with Gasteiger partial charge in [-0.15, -0.1) is 0 Å². The topological polar surface area (TPSA) is 30.5 Å². The highest BCUT2D eigenvalue weighted by atomic mass is 16.8. The fourth-order valence-electron chi connectivity index (χ4n) is 1.72. The van der Waals surface area contributed by atoms with Crippen LogP contribution in [0, 0.1) is 0 Å². The Balaban J connectivity index is 1.98. The number of hydrogen-bond acceptors (Lipinski definition) is 3. The molecule has 0 aromatic heterocycles. The van der Waals surface area contributed by atoms with Gasteiger partial charge >= 0.3 is 0 Å². The zero-order valence-electron chi connectivity index (χ0n) is 6.93. The zero-order chi connectivity index (χ0) is 7.73. The van der Waals surface area contributed by atoms with E-state index in [1.165, 1.54) is 12.8 Å². The largest absolute Gasteiger partial charge is 0.335 e. The van der Waals surface area contributed by atoms with E-state index in [-0.39, 0.29) is 6.10 Å². The van der Waals surface area contributed by atoms with E-state index < -0.39 is 5.91 Å². The van der Waals surface area contributed by atoms with Gasteiger partial charge in [0.1, 0.15) is 0 Å². The molecule has 0 saturated carbocycles. The molecule has 0 aliphatic carbocycles. The van der Waals surface area contributed by atoms with Crippen LogP contribution in [0.3, 0.4) is 0 Å². The molecule has 0 bridgehead atoms. The molecule has 3 heteroatoms. The summed E-state index contributed by atoms with van der Waals surface area (Å²) in [6.45, 7) is 3.80. The van der Waals surface area contributed by atoms with Crippen molar-refractivity contribution in [2.45, 2.75) is 38.2 Å². The Kier molecular flexibility index (Phi) is 1.87. The molecule has 2 saturated heterocycles. The molecule has 0 aromatic rings. The smallest absolute Gasteiger partial charge is 0.227 e. The third-order valence-electron chi connectivity index (χ3n) is 2.27. The third kappa shape index (κ3) is 1.41. The maximum absolute atomic E-state index is 5.66. The quantitative estimate of drug-likeness (QED) is 0.565. The van der Waals surface area contributed by atoms with Crippen LogP contribution in [0.15, 0.2) is 0 Å². The van der Waals surface area contributed by atoms with Gasteiger partial charge in [-0.05, 0) is 19.8 Å². The Morgan fingerprint density at radius 1 is 1.45 bits per heavy atom. The minimum absolute atomic E-state index is 0.251. The lowest BCUT2D eigenvalue weighted by atomic mass is 10.1. The lowest BCUT2D eigenvalue weighted by Crippen LogP contribution is -2.49. The van der Waals surface area contributed by atoms with Crippen molar-refractivity contribution in [1.82, 2.24) is 5.32 Å². The van der Waals surface area contributed by atoms with E-state index in [1.54, 1.807) is 0 Å². The fraction of sp³-hybridized carbons (Fsp3) is 1.00. The fourth-order valence-corrected chi connectivity index (χ4v) is 1.72. The maximum Gasteiger partial charge on any atom is 0.227 e. The van der Waals surface area contributed by atoms with Crippen molar-refractivity contribution in [2.24, 2.45) is 0 Å². The van der Waals surface area contributed by atoms with Crippen LogP contribution in [0.4, 0.5) is 0 Å². The molecule has 0 amide bonds. The first-order valence-corrected chi connectivity index (χ1v) is 4.38. The average Bonchev–Trinajstić information content (AvgIpc) is 2.34. The molecule has 2 fully saturated rings. The zero-order valence-corrected chi connectivity index (χ0v) is 6.93. The number of ether oxygens (including phenoxy) is 2. The summed E-state index contributed by atoms with van der Waals surface area (Å²) in [7, 11) is 0. The lowest BCUT2D eigenvalue weighted by molar-refractivity contribution is -0.202. The van der Waals surface area contributed by atoms with Gasteiger partial charge in [0.15, 0.2) is 0 Å². The van der Waals surface area contributed by atoms with Crippen LogP contribution in [0.1, 0.15) is 26.2 Å². The lowest BCUT2D eigenvalue weighted by Gasteiger charge is -2.32. The van der Waals surface area contributed by atoms with E-state index in [4.69, 9.17) is 9.47 Å². The van der Waals surface area contributed by atoms with Crippen molar-refractivity contribution in [3.63, 3.8) is 0 Å². The molecule has 2 unspecified atom stereocenters. The first-order valence-electron chi connectivity index (χ1n) is 4.38. The summed E-state index contributed by atoms with van der Waals surface area (Å²) in [5.74, 6) is -0.405. The number of rotatable bonds is 0. The van der Waals surface area contributed by atoms with Crippen LogP contribution in [-0.2, 0) is 9.47 Å². The molecule has 1 spiro atoms. The molecule has 2 aliphatic rings. The second-order valence-corrected chi connectivity index (χ2v) is 3.38. The standard InChI is InChI=1S/C8H15NO2/c1-7-6-10-8(11-7)4-2-3-5-9-8/h7,9H,2-6H2,1H3. The van der Waals surface area contributed by atoms with Crippen LogP contribution in [-0.4, -0.2) is 25.2 Å². The molecule has 2 rings (SSSR count). The first-order chi connectivity index (χ1) is 5.31. The van der Waals surface area contributed by atoms with Gasteiger partial charge in [0.2, 0.25) is 5.91 Å². The average molecular weight is 157 g/mol. The van der Waals surface area contributed by atoms with Gasteiger partial charge in [0, 0.05) is 13.0 Å². The van der Waals surface area contributed by atoms with Crippen molar-refractivity contribution < 1.29 is 9.47 Å². The van der Waals surface area contributed by atoms with Gasteiger partial charge in [0.05, 0.1) is 12.7 Å². The van der Waals surface area contributed by atoms with Crippen molar-refractivity contribution >= 4 is 0 Å². The molecule has 0 aromatic carbocycles. The summed E-state index contributed by atoms with van der Waals surface area (Å²) in [4.78, 5) is 0. The molecule has 2 atom stereocenters. The van der Waals surface area contributed by atoms with E-state index in [0.717, 1.165) is 19.6 Å². The van der Waals surface area contributed by atoms with Crippen LogP contribution in [0.2, 0.25) is 0 Å². The number of nitrogens with one attached hydrogen (secondary N) is 1. The van der Waals surface area contributed by atoms with Crippen LogP contribution >= 0.6 is 0 Å². The summed E-state index contributed by atoms with van der Waals surface area (Å²) in [6.07, 6.45) is 3.69. The minimum Gasteiger partial charge on any atom is -0.335 e. The monoisotopic (exact) mass is 157 g/mol. The summed E-state index contributed by atoms with van der Waals surface area (Å²) in [6, 6.07) is 0. The van der Waals surface area contributed by atoms with Gasteiger partial charge in [-0.3, -0.25) is 5.32 Å². The van der Waals surface area contributed by atoms with Crippen molar-refractivity contribution in [1.29, 1.82) is 0 Å². The van der Waals surface area contributed by atoms with Crippen molar-refractivity contribution in [2.75, 3.05) is 13.2 Å². The van der Waals surface area contributed by atoms with E-state index >= 15 is 0 Å². The molecule has 2 heterocycles. The predicted octanol–water partition coefficient (Wildman–Crippen LogP) is 0.849. The highest BCUT2D eigenvalue weighted by Crippen LogP contribution is 2.28. The second kappa shape index (κ2) is 2.73. The molecular formula is C8H15NO2. The molecule has 3 nitrogen and oxygen atoms in total. The van der Waals surface area contributed by atoms with Gasteiger partial charge < -0.3 is 9.47 Å². The van der Waals surface area contributed by atoms with Crippen molar-refractivity contribution in [3.05, 3.63) is 0 Å². The summed E-state index contributed by atoms with van der Waals surface area (Å²) in [5.41, 5.74) is 0. The van der Waals surface area contributed by atoms with Crippen molar-refractivity contribution in [3.8, 4) is 0 Å². The Morgan fingerprint density at radius 2 is 2.36 bits per heavy atom. The predicted molar refractivity (Wildman–Crippen MR) is 41.1 cm³/mol. The Morgan fingerprint density at radius 3 is 2.91 bits per heavy atom.